The van der Waals surface area contributed by atoms with Crippen LogP contribution in [0.1, 0.15) is 117 Å². The summed E-state index contributed by atoms with van der Waals surface area (Å²) >= 11 is 0. The molecular weight excluding hydrogens is 889 g/mol. The summed E-state index contributed by atoms with van der Waals surface area (Å²) in [6, 6.07) is 12.7. The molecule has 5 rings (SSSR count). The molecule has 0 aromatic heterocycles. The third-order valence-corrected chi connectivity index (χ3v) is 15.9. The van der Waals surface area contributed by atoms with Gasteiger partial charge in [-0.05, 0) is 92.9 Å². The van der Waals surface area contributed by atoms with E-state index in [1.807, 2.05) is 69.3 Å². The number of anilines is 1. The van der Waals surface area contributed by atoms with Gasteiger partial charge in [0.25, 0.3) is 0 Å². The van der Waals surface area contributed by atoms with E-state index in [-0.39, 0.29) is 60.3 Å². The smallest absolute Gasteiger partial charge is 0.328 e. The molecule has 1 saturated carbocycles. The highest BCUT2D eigenvalue weighted by molar-refractivity contribution is 5.91. The number of nitrogens with one attached hydrogen (secondary N) is 2. The number of methoxy groups -OCH3 is 3. The van der Waals surface area contributed by atoms with Crippen LogP contribution in [0.4, 0.5) is 5.69 Å². The van der Waals surface area contributed by atoms with Crippen LogP contribution in [0.15, 0.2) is 48.5 Å². The second kappa shape index (κ2) is 26.6. The Morgan fingerprint density at radius 1 is 0.900 bits per heavy atom. The van der Waals surface area contributed by atoms with E-state index in [1.165, 1.54) is 7.11 Å². The first-order valence-corrected chi connectivity index (χ1v) is 26.1. The number of piperidine rings is 1. The van der Waals surface area contributed by atoms with Crippen molar-refractivity contribution in [2.24, 2.45) is 29.6 Å². The Kier molecular flexibility index (Phi) is 21.4. The molecule has 2 aromatic rings. The van der Waals surface area contributed by atoms with E-state index >= 15 is 0 Å². The molecule has 3 fully saturated rings. The van der Waals surface area contributed by atoms with Crippen LogP contribution in [0, 0.1) is 36.5 Å². The number of nitrogens with zero attached hydrogens (tertiary/aromatic N) is 3. The highest BCUT2D eigenvalue weighted by Gasteiger charge is 2.54. The number of unbranched alkanes of at least 4 members (excludes halogenated alkanes) is 3. The Morgan fingerprint density at radius 3 is 2.26 bits per heavy atom. The maximum absolute atomic E-state index is 14.8. The number of carbonyl (C=O) groups is 5. The van der Waals surface area contributed by atoms with Crippen LogP contribution in [0.2, 0.25) is 0 Å². The lowest BCUT2D eigenvalue weighted by Crippen LogP contribution is -2.60. The van der Waals surface area contributed by atoms with Gasteiger partial charge in [-0.15, -0.1) is 0 Å². The highest BCUT2D eigenvalue weighted by Crippen LogP contribution is 2.47. The van der Waals surface area contributed by atoms with Crippen molar-refractivity contribution < 1.29 is 42.9 Å². The molecule has 2 bridgehead atoms. The monoisotopic (exact) mass is 975 g/mol. The van der Waals surface area contributed by atoms with Crippen molar-refractivity contribution in [2.45, 2.75) is 168 Å². The van der Waals surface area contributed by atoms with Gasteiger partial charge in [-0.3, -0.25) is 24.1 Å². The Hall–Kier alpha value is -4.73. The molecule has 12 atom stereocenters. The predicted molar refractivity (Wildman–Crippen MR) is 273 cm³/mol. The van der Waals surface area contributed by atoms with Crippen LogP contribution in [0.3, 0.4) is 0 Å². The van der Waals surface area contributed by atoms with Crippen LogP contribution < -0.4 is 21.1 Å². The number of hydrogen-bond acceptors (Lipinski definition) is 11. The molecule has 70 heavy (non-hydrogen) atoms. The minimum Gasteiger partial charge on any atom is -0.494 e. The van der Waals surface area contributed by atoms with Crippen molar-refractivity contribution in [1.82, 2.24) is 25.3 Å². The molecule has 2 heterocycles. The van der Waals surface area contributed by atoms with Gasteiger partial charge in [0.1, 0.15) is 17.8 Å². The Bertz CT molecular complexity index is 2020. The first-order valence-electron chi connectivity index (χ1n) is 26.1. The number of amides is 4. The summed E-state index contributed by atoms with van der Waals surface area (Å²) in [6.45, 7) is 16.0. The second-order valence-electron chi connectivity index (χ2n) is 20.7. The molecule has 3 aliphatic rings. The van der Waals surface area contributed by atoms with E-state index in [9.17, 15) is 24.0 Å². The van der Waals surface area contributed by atoms with Crippen molar-refractivity contribution >= 4 is 35.3 Å². The average Bonchev–Trinajstić information content (AvgIpc) is 4.06. The van der Waals surface area contributed by atoms with Crippen LogP contribution in [0.25, 0.3) is 0 Å². The van der Waals surface area contributed by atoms with Crippen LogP contribution in [-0.4, -0.2) is 141 Å². The first kappa shape index (κ1) is 56.2. The first-order chi connectivity index (χ1) is 33.5. The number of nitrogen functional groups attached to an aromatic ring is 1. The SMILES string of the molecule is CC[C@H](C)[C@@H]([C@@H](CC(=O)N1CCC[C@H]1[C@H](OC)[C@@H](C)C(=O)N[C@@H](Cc1ccccc1)C(=O)OC)OC)N(C)C(=O)[C@@H](NC(=O)[C@@H]1[C@H]2CC[C@@H]([C@H]2C)N1CCCCCCOc1ccc(C)c(N)c1)C(C)C. The topological polar surface area (TPSA) is 182 Å². The van der Waals surface area contributed by atoms with Gasteiger partial charge < -0.3 is 45.1 Å². The van der Waals surface area contributed by atoms with Gasteiger partial charge in [0.05, 0.1) is 56.4 Å². The lowest BCUT2D eigenvalue weighted by Gasteiger charge is -2.41. The largest absolute Gasteiger partial charge is 0.494 e. The summed E-state index contributed by atoms with van der Waals surface area (Å²) < 4.78 is 23.1. The Balaban J connectivity index is 1.21. The number of likely N-dealkylation sites (N-methyl/N-ethyl adjacent to an activating group) is 1. The second-order valence-corrected chi connectivity index (χ2v) is 20.7. The minimum atomic E-state index is -0.899. The number of nitrogens with two attached hydrogens (primary N) is 1. The van der Waals surface area contributed by atoms with Crippen molar-refractivity contribution in [3.8, 4) is 5.75 Å². The fourth-order valence-corrected chi connectivity index (χ4v) is 11.6. The van der Waals surface area contributed by atoms with Gasteiger partial charge >= 0.3 is 5.97 Å². The van der Waals surface area contributed by atoms with E-state index in [1.54, 1.807) is 38.0 Å². The fourth-order valence-electron chi connectivity index (χ4n) is 11.6. The number of likely N-dealkylation sites (tertiary alicyclic amines) is 2. The molecule has 0 spiro atoms. The summed E-state index contributed by atoms with van der Waals surface area (Å²) in [6.07, 6.45) is 7.09. The number of benzene rings is 2. The number of rotatable bonds is 27. The minimum absolute atomic E-state index is 0.00369. The van der Waals surface area contributed by atoms with Gasteiger partial charge in [0.15, 0.2) is 0 Å². The number of hydrogen-bond donors (Lipinski definition) is 3. The maximum Gasteiger partial charge on any atom is 0.328 e. The summed E-state index contributed by atoms with van der Waals surface area (Å²) in [5, 5.41) is 6.15. The lowest BCUT2D eigenvalue weighted by atomic mass is 9.89. The van der Waals surface area contributed by atoms with Gasteiger partial charge in [-0.1, -0.05) is 97.2 Å². The van der Waals surface area contributed by atoms with Gasteiger partial charge in [0.2, 0.25) is 23.6 Å². The van der Waals surface area contributed by atoms with E-state index in [0.29, 0.717) is 31.5 Å². The zero-order chi connectivity index (χ0) is 51.2. The molecule has 2 aromatic carbocycles. The predicted octanol–water partition coefficient (Wildman–Crippen LogP) is 6.58. The third-order valence-electron chi connectivity index (χ3n) is 15.9. The van der Waals surface area contributed by atoms with E-state index in [4.69, 9.17) is 24.7 Å². The molecule has 15 nitrogen and oxygen atoms in total. The molecular formula is C55H86N6O9. The van der Waals surface area contributed by atoms with Crippen LogP contribution >= 0.6 is 0 Å². The molecule has 15 heteroatoms. The zero-order valence-electron chi connectivity index (χ0n) is 44.1. The van der Waals surface area contributed by atoms with Crippen molar-refractivity contribution in [1.29, 1.82) is 0 Å². The Morgan fingerprint density at radius 2 is 1.61 bits per heavy atom. The normalized spacial score (nSPS) is 23.0. The van der Waals surface area contributed by atoms with Gasteiger partial charge in [-0.2, -0.15) is 0 Å². The van der Waals surface area contributed by atoms with Crippen LogP contribution in [0.5, 0.6) is 5.75 Å². The van der Waals surface area contributed by atoms with E-state index in [2.05, 4.69) is 36.3 Å². The molecule has 2 aliphatic heterocycles. The summed E-state index contributed by atoms with van der Waals surface area (Å²) in [5.74, 6) is -0.908. The third kappa shape index (κ3) is 13.8. The quantitative estimate of drug-likeness (QED) is 0.0500. The van der Waals surface area contributed by atoms with Crippen LogP contribution in [-0.2, 0) is 44.6 Å². The number of fused-ring (bicyclic) bond motifs is 2. The number of aryl methyl sites for hydroxylation is 1. The molecule has 4 amide bonds. The van der Waals surface area contributed by atoms with E-state index in [0.717, 1.165) is 80.5 Å². The number of esters is 1. The molecule has 0 unspecified atom stereocenters. The Labute approximate surface area is 418 Å². The highest BCUT2D eigenvalue weighted by atomic mass is 16.5. The summed E-state index contributed by atoms with van der Waals surface area (Å²) in [5.41, 5.74) is 8.70. The van der Waals surface area contributed by atoms with Gasteiger partial charge in [0, 0.05) is 52.0 Å². The number of ether oxygens (including phenoxy) is 4. The number of carbonyl (C=O) groups excluding carboxylic acids is 5. The summed E-state index contributed by atoms with van der Waals surface area (Å²) in [7, 11) is 6.18. The fraction of sp³-hybridized carbons (Fsp3) is 0.691. The van der Waals surface area contributed by atoms with Crippen molar-refractivity contribution in [3.63, 3.8) is 0 Å². The lowest BCUT2D eigenvalue weighted by molar-refractivity contribution is -0.149. The maximum atomic E-state index is 14.8. The van der Waals surface area contributed by atoms with E-state index < -0.39 is 48.3 Å². The summed E-state index contributed by atoms with van der Waals surface area (Å²) in [4.78, 5) is 76.3. The zero-order valence-corrected chi connectivity index (χ0v) is 44.1. The molecule has 4 N–H and O–H groups in total. The van der Waals surface area contributed by atoms with Gasteiger partial charge in [-0.25, -0.2) is 4.79 Å². The van der Waals surface area contributed by atoms with Crippen molar-refractivity contribution in [3.05, 3.63) is 59.7 Å². The van der Waals surface area contributed by atoms with Crippen molar-refractivity contribution in [2.75, 3.05) is 53.8 Å². The molecule has 2 saturated heterocycles. The standard InChI is InChI=1S/C55H86N6O9/c1-12-35(4)49(46(67-9)33-47(62)60-29-20-23-45(60)51(68-10)38(7)52(63)57-43(55(66)69-11)31-39-21-16-15-17-22-39)59(8)54(65)48(34(2)3)58-53(64)50-41-26-27-44(37(41)6)61(50)28-18-13-14-19-30-70-40-25-24-36(5)42(56)32-40/h15-17,21-22,24-25,32,34-35,37-38,41,43-46,48-51H,12-14,18-20,23,26-31,33,56H2,1-11H3,(H,57,63)(H,58,64)/t35-,37-,38+,41-,43-,44-,45-,46+,48-,49-,50-,51+/m0/s1. The molecule has 390 valence electrons. The molecule has 1 aliphatic carbocycles. The average molecular weight is 975 g/mol. The molecule has 0 radical (unpaired) electrons.